The number of benzene rings is 1. The van der Waals surface area contributed by atoms with Gasteiger partial charge in [-0.2, -0.15) is 0 Å². The van der Waals surface area contributed by atoms with Gasteiger partial charge in [0.2, 0.25) is 0 Å². The molecule has 0 aliphatic heterocycles. The number of carbonyl (C=O) groups excluding carboxylic acids is 2. The standard InChI is InChI=1S/C14H18N2O5S/c1-9(17)22-7-6-12(18)14(20)10-4-2-3-5-11(10)16-13(19)8-15-21/h2-5,8,12,14,18,20-21H,6-7H2,1H3,(H,16,19). The van der Waals surface area contributed by atoms with Crippen LogP contribution in [0.3, 0.4) is 0 Å². The number of oxime groups is 1. The maximum atomic E-state index is 11.4. The van der Waals surface area contributed by atoms with E-state index >= 15 is 0 Å². The van der Waals surface area contributed by atoms with E-state index in [1.165, 1.54) is 6.92 Å². The maximum Gasteiger partial charge on any atom is 0.270 e. The number of anilines is 1. The van der Waals surface area contributed by atoms with Crippen LogP contribution in [-0.4, -0.2) is 44.5 Å². The molecule has 8 heteroatoms. The van der Waals surface area contributed by atoms with E-state index in [0.717, 1.165) is 11.8 Å². The number of nitrogens with one attached hydrogen (secondary N) is 1. The van der Waals surface area contributed by atoms with Crippen molar-refractivity contribution in [3.8, 4) is 0 Å². The van der Waals surface area contributed by atoms with Crippen LogP contribution in [0, 0.1) is 0 Å². The third-order valence-electron chi connectivity index (χ3n) is 2.80. The molecule has 0 radical (unpaired) electrons. The van der Waals surface area contributed by atoms with Crippen molar-refractivity contribution >= 4 is 34.7 Å². The van der Waals surface area contributed by atoms with Crippen molar-refractivity contribution in [3.05, 3.63) is 29.8 Å². The fraction of sp³-hybridized carbons (Fsp3) is 0.357. The lowest BCUT2D eigenvalue weighted by Crippen LogP contribution is -2.22. The molecule has 0 spiro atoms. The minimum absolute atomic E-state index is 0.0577. The van der Waals surface area contributed by atoms with Crippen LogP contribution in [-0.2, 0) is 9.59 Å². The number of hydrogen-bond donors (Lipinski definition) is 4. The average Bonchev–Trinajstić information content (AvgIpc) is 2.46. The van der Waals surface area contributed by atoms with E-state index in [-0.39, 0.29) is 11.5 Å². The Morgan fingerprint density at radius 3 is 2.68 bits per heavy atom. The van der Waals surface area contributed by atoms with Gasteiger partial charge >= 0.3 is 0 Å². The topological polar surface area (TPSA) is 119 Å². The fourth-order valence-corrected chi connectivity index (χ4v) is 2.42. The van der Waals surface area contributed by atoms with Crippen molar-refractivity contribution < 1.29 is 25.0 Å². The van der Waals surface area contributed by atoms with Crippen molar-refractivity contribution in [2.45, 2.75) is 25.6 Å². The van der Waals surface area contributed by atoms with E-state index in [1.54, 1.807) is 24.3 Å². The highest BCUT2D eigenvalue weighted by atomic mass is 32.2. The monoisotopic (exact) mass is 326 g/mol. The zero-order chi connectivity index (χ0) is 16.5. The van der Waals surface area contributed by atoms with Gasteiger partial charge < -0.3 is 20.7 Å². The summed E-state index contributed by atoms with van der Waals surface area (Å²) >= 11 is 1.07. The van der Waals surface area contributed by atoms with Crippen LogP contribution in [0.2, 0.25) is 0 Å². The molecule has 7 nitrogen and oxygen atoms in total. The molecule has 22 heavy (non-hydrogen) atoms. The Balaban J connectivity index is 2.77. The molecular formula is C14H18N2O5S. The Morgan fingerprint density at radius 1 is 1.36 bits per heavy atom. The van der Waals surface area contributed by atoms with E-state index in [9.17, 15) is 19.8 Å². The number of para-hydroxylation sites is 1. The first kappa shape index (κ1) is 18.1. The van der Waals surface area contributed by atoms with E-state index in [1.807, 2.05) is 0 Å². The first-order valence-corrected chi connectivity index (χ1v) is 7.51. The number of amides is 1. The summed E-state index contributed by atoms with van der Waals surface area (Å²) in [6, 6.07) is 6.43. The minimum Gasteiger partial charge on any atom is -0.411 e. The van der Waals surface area contributed by atoms with Crippen molar-refractivity contribution in [2.24, 2.45) is 5.16 Å². The summed E-state index contributed by atoms with van der Waals surface area (Å²) in [5.74, 6) is -0.275. The number of aliphatic hydroxyl groups is 2. The fourth-order valence-electron chi connectivity index (χ4n) is 1.77. The smallest absolute Gasteiger partial charge is 0.270 e. The van der Waals surface area contributed by atoms with Gasteiger partial charge in [-0.15, -0.1) is 0 Å². The first-order chi connectivity index (χ1) is 10.5. The number of hydrogen-bond acceptors (Lipinski definition) is 7. The minimum atomic E-state index is -1.21. The molecule has 1 amide bonds. The predicted octanol–water partition coefficient (Wildman–Crippen LogP) is 1.15. The highest BCUT2D eigenvalue weighted by Gasteiger charge is 2.21. The van der Waals surface area contributed by atoms with Gasteiger partial charge in [-0.3, -0.25) is 9.59 Å². The second-order valence-electron chi connectivity index (χ2n) is 4.46. The quantitative estimate of drug-likeness (QED) is 0.339. The van der Waals surface area contributed by atoms with Crippen LogP contribution in [0.15, 0.2) is 29.4 Å². The van der Waals surface area contributed by atoms with Gasteiger partial charge in [0.1, 0.15) is 12.3 Å². The molecule has 0 aliphatic rings. The van der Waals surface area contributed by atoms with Crippen LogP contribution in [0.4, 0.5) is 5.69 Å². The van der Waals surface area contributed by atoms with E-state index in [2.05, 4.69) is 10.5 Å². The third-order valence-corrected chi connectivity index (χ3v) is 3.64. The molecule has 0 saturated heterocycles. The second-order valence-corrected chi connectivity index (χ2v) is 5.73. The number of rotatable bonds is 7. The predicted molar refractivity (Wildman–Crippen MR) is 84.1 cm³/mol. The number of thioether (sulfide) groups is 1. The van der Waals surface area contributed by atoms with Crippen molar-refractivity contribution in [2.75, 3.05) is 11.1 Å². The molecular weight excluding hydrogens is 308 g/mol. The number of carbonyl (C=O) groups is 2. The first-order valence-electron chi connectivity index (χ1n) is 6.52. The zero-order valence-corrected chi connectivity index (χ0v) is 12.8. The van der Waals surface area contributed by atoms with E-state index in [4.69, 9.17) is 5.21 Å². The van der Waals surface area contributed by atoms with Gasteiger partial charge in [-0.05, 0) is 12.5 Å². The maximum absolute atomic E-state index is 11.4. The SMILES string of the molecule is CC(=O)SCCC(O)C(O)c1ccccc1NC(=O)C=NO. The summed E-state index contributed by atoms with van der Waals surface area (Å²) in [5, 5.41) is 33.5. The summed E-state index contributed by atoms with van der Waals surface area (Å²) in [5.41, 5.74) is 0.640. The normalized spacial score (nSPS) is 13.8. The molecule has 120 valence electrons. The molecule has 1 rings (SSSR count). The molecule has 0 heterocycles. The summed E-state index contributed by atoms with van der Waals surface area (Å²) in [7, 11) is 0. The Hall–Kier alpha value is -1.90. The van der Waals surface area contributed by atoms with Gasteiger partial charge in [0.25, 0.3) is 5.91 Å². The molecule has 0 bridgehead atoms. The lowest BCUT2D eigenvalue weighted by atomic mass is 10.0. The summed E-state index contributed by atoms with van der Waals surface area (Å²) in [4.78, 5) is 22.2. The van der Waals surface area contributed by atoms with Gasteiger partial charge in [0, 0.05) is 23.9 Å². The molecule has 1 aromatic rings. The van der Waals surface area contributed by atoms with Crippen LogP contribution >= 0.6 is 11.8 Å². The van der Waals surface area contributed by atoms with E-state index in [0.29, 0.717) is 23.2 Å². The highest BCUT2D eigenvalue weighted by molar-refractivity contribution is 8.13. The summed E-state index contributed by atoms with van der Waals surface area (Å²) in [6.07, 6.45) is -1.37. The molecule has 0 saturated carbocycles. The molecule has 2 atom stereocenters. The van der Waals surface area contributed by atoms with Crippen LogP contribution in [0.1, 0.15) is 25.0 Å². The lowest BCUT2D eigenvalue weighted by Gasteiger charge is -2.20. The van der Waals surface area contributed by atoms with Gasteiger partial charge in [0.15, 0.2) is 5.12 Å². The van der Waals surface area contributed by atoms with Crippen molar-refractivity contribution in [1.29, 1.82) is 0 Å². The van der Waals surface area contributed by atoms with Crippen molar-refractivity contribution in [3.63, 3.8) is 0 Å². The zero-order valence-electron chi connectivity index (χ0n) is 12.0. The lowest BCUT2D eigenvalue weighted by molar-refractivity contribution is -0.110. The molecule has 1 aromatic carbocycles. The molecule has 0 aromatic heterocycles. The Labute approximate surface area is 132 Å². The highest BCUT2D eigenvalue weighted by Crippen LogP contribution is 2.27. The van der Waals surface area contributed by atoms with Gasteiger partial charge in [-0.1, -0.05) is 35.1 Å². The van der Waals surface area contributed by atoms with Crippen molar-refractivity contribution in [1.82, 2.24) is 0 Å². The van der Waals surface area contributed by atoms with Gasteiger partial charge in [-0.25, -0.2) is 0 Å². The molecule has 4 N–H and O–H groups in total. The average molecular weight is 326 g/mol. The Bertz CT molecular complexity index is 550. The Kier molecular flexibility index (Phi) is 7.58. The number of nitrogens with zero attached hydrogens (tertiary/aromatic N) is 1. The summed E-state index contributed by atoms with van der Waals surface area (Å²) < 4.78 is 0. The van der Waals surface area contributed by atoms with Crippen LogP contribution in [0.25, 0.3) is 0 Å². The molecule has 0 aliphatic carbocycles. The van der Waals surface area contributed by atoms with E-state index < -0.39 is 18.1 Å². The largest absolute Gasteiger partial charge is 0.411 e. The van der Waals surface area contributed by atoms with Crippen LogP contribution < -0.4 is 5.32 Å². The number of aliphatic hydroxyl groups excluding tert-OH is 2. The molecule has 2 unspecified atom stereocenters. The second kappa shape index (κ2) is 9.19. The molecule has 0 fully saturated rings. The van der Waals surface area contributed by atoms with Crippen LogP contribution in [0.5, 0.6) is 0 Å². The Morgan fingerprint density at radius 2 is 2.05 bits per heavy atom. The van der Waals surface area contributed by atoms with Gasteiger partial charge in [0.05, 0.1) is 6.10 Å². The summed E-state index contributed by atoms with van der Waals surface area (Å²) in [6.45, 7) is 1.43. The third kappa shape index (κ3) is 5.84.